The number of benzene rings is 5. The smallest absolute Gasteiger partial charge is 0.247 e. The first-order chi connectivity index (χ1) is 21.7. The highest BCUT2D eigenvalue weighted by Gasteiger charge is 2.50. The summed E-state index contributed by atoms with van der Waals surface area (Å²) in [6.45, 7) is 5.03. The number of hydrogen-bond acceptors (Lipinski definition) is 3. The molecule has 3 nitrogen and oxygen atoms in total. The maximum Gasteiger partial charge on any atom is 0.247 e. The summed E-state index contributed by atoms with van der Waals surface area (Å²) < 4.78 is 0. The van der Waals surface area contributed by atoms with Gasteiger partial charge in [-0.25, -0.2) is 0 Å². The van der Waals surface area contributed by atoms with E-state index in [4.69, 9.17) is 0 Å². The van der Waals surface area contributed by atoms with Gasteiger partial charge < -0.3 is 14.7 Å². The molecule has 0 saturated heterocycles. The topological polar surface area (TPSA) is 9.72 Å². The van der Waals surface area contributed by atoms with E-state index in [-0.39, 0.29) is 12.8 Å². The highest BCUT2D eigenvalue weighted by Crippen LogP contribution is 2.50. The first-order valence-electron chi connectivity index (χ1n) is 15.9. The van der Waals surface area contributed by atoms with Gasteiger partial charge in [0.05, 0.1) is 6.04 Å². The Labute approximate surface area is 260 Å². The molecular formula is C40H34BN3. The van der Waals surface area contributed by atoms with Crippen molar-refractivity contribution < 1.29 is 0 Å². The number of para-hydroxylation sites is 4. The number of fused-ring (bicyclic) bond motifs is 4. The van der Waals surface area contributed by atoms with Gasteiger partial charge in [-0.05, 0) is 89.9 Å². The van der Waals surface area contributed by atoms with Gasteiger partial charge in [-0.2, -0.15) is 0 Å². The van der Waals surface area contributed by atoms with Crippen LogP contribution in [0.1, 0.15) is 31.7 Å². The normalized spacial score (nSPS) is 20.8. The van der Waals surface area contributed by atoms with Crippen LogP contribution in [-0.4, -0.2) is 18.8 Å². The van der Waals surface area contributed by atoms with Crippen molar-refractivity contribution in [1.29, 1.82) is 0 Å². The zero-order valence-electron chi connectivity index (χ0n) is 25.1. The summed E-state index contributed by atoms with van der Waals surface area (Å²) in [4.78, 5) is 7.67. The van der Waals surface area contributed by atoms with Gasteiger partial charge in [-0.1, -0.05) is 91.9 Å². The highest BCUT2D eigenvalue weighted by molar-refractivity contribution is 6.94. The molecule has 0 N–H and O–H groups in total. The minimum atomic E-state index is 0.231. The monoisotopic (exact) mass is 567 g/mol. The summed E-state index contributed by atoms with van der Waals surface area (Å²) in [6, 6.07) is 47.4. The third kappa shape index (κ3) is 3.57. The van der Waals surface area contributed by atoms with E-state index in [0.717, 1.165) is 17.8 Å². The van der Waals surface area contributed by atoms with Crippen LogP contribution in [0.25, 0.3) is 0 Å². The van der Waals surface area contributed by atoms with Crippen molar-refractivity contribution in [2.24, 2.45) is 0 Å². The second-order valence-electron chi connectivity index (χ2n) is 12.6. The average molecular weight is 568 g/mol. The maximum atomic E-state index is 2.67. The first-order valence-corrected chi connectivity index (χ1v) is 15.9. The summed E-state index contributed by atoms with van der Waals surface area (Å²) in [5, 5.41) is 0. The predicted octanol–water partition coefficient (Wildman–Crippen LogP) is 8.36. The SMILES string of the molecule is CC1c2cccc3c2N(C2=C4B3c3ccc(N(c5ccccc5)c5ccccc5)cc3N(c3ccccc3)C4CC=C2)C1C. The van der Waals surface area contributed by atoms with Crippen molar-refractivity contribution in [3.8, 4) is 0 Å². The maximum absolute atomic E-state index is 2.67. The molecule has 0 amide bonds. The molecule has 0 saturated carbocycles. The molecule has 9 rings (SSSR count). The molecule has 0 spiro atoms. The van der Waals surface area contributed by atoms with Crippen molar-refractivity contribution in [3.63, 3.8) is 0 Å². The second-order valence-corrected chi connectivity index (χ2v) is 12.6. The lowest BCUT2D eigenvalue weighted by molar-refractivity contribution is 0.623. The Morgan fingerprint density at radius 1 is 0.659 bits per heavy atom. The predicted molar refractivity (Wildman–Crippen MR) is 186 cm³/mol. The summed E-state index contributed by atoms with van der Waals surface area (Å²) in [6.07, 6.45) is 5.82. The van der Waals surface area contributed by atoms with Crippen LogP contribution in [0, 0.1) is 0 Å². The Balaban J connectivity index is 1.32. The van der Waals surface area contributed by atoms with Gasteiger partial charge in [-0.15, -0.1) is 0 Å². The minimum Gasteiger partial charge on any atom is -0.339 e. The van der Waals surface area contributed by atoms with Crippen LogP contribution in [-0.2, 0) is 0 Å². The number of hydrogen-bond donors (Lipinski definition) is 0. The molecule has 4 heteroatoms. The Hall–Kier alpha value is -4.96. The molecule has 5 aromatic carbocycles. The van der Waals surface area contributed by atoms with E-state index in [1.54, 1.807) is 5.47 Å². The fourth-order valence-corrected chi connectivity index (χ4v) is 8.30. The summed E-state index contributed by atoms with van der Waals surface area (Å²) in [7, 11) is 0. The van der Waals surface area contributed by atoms with Gasteiger partial charge in [0.15, 0.2) is 0 Å². The summed E-state index contributed by atoms with van der Waals surface area (Å²) in [5.74, 6) is 0.490. The number of anilines is 6. The van der Waals surface area contributed by atoms with Crippen LogP contribution in [0.15, 0.2) is 151 Å². The third-order valence-corrected chi connectivity index (χ3v) is 10.3. The van der Waals surface area contributed by atoms with Crippen LogP contribution >= 0.6 is 0 Å². The lowest BCUT2D eigenvalue weighted by Gasteiger charge is -2.50. The van der Waals surface area contributed by atoms with Gasteiger partial charge in [0.1, 0.15) is 0 Å². The van der Waals surface area contributed by atoms with Gasteiger partial charge >= 0.3 is 0 Å². The van der Waals surface area contributed by atoms with Crippen LogP contribution in [0.2, 0.25) is 0 Å². The molecule has 0 bridgehead atoms. The minimum absolute atomic E-state index is 0.231. The van der Waals surface area contributed by atoms with Crippen LogP contribution in [0.3, 0.4) is 0 Å². The summed E-state index contributed by atoms with van der Waals surface area (Å²) >= 11 is 0. The zero-order valence-corrected chi connectivity index (χ0v) is 25.1. The molecule has 3 unspecified atom stereocenters. The third-order valence-electron chi connectivity index (χ3n) is 10.3. The molecule has 212 valence electrons. The summed E-state index contributed by atoms with van der Waals surface area (Å²) in [5.41, 5.74) is 14.7. The zero-order chi connectivity index (χ0) is 29.4. The van der Waals surface area contributed by atoms with Gasteiger partial charge in [0, 0.05) is 51.8 Å². The standard InChI is InChI=1S/C40H34BN3/c1-27-28(2)42-36-22-13-23-37-39(36)41(35-21-12-20-33(27)40(35)42)34-25-24-32(26-38(34)44(37)31-18-10-5-11-19-31)43(29-14-6-3-7-15-29)30-16-8-4-9-17-30/h3-22,24-28,37H,23H2,1-2H3. The van der Waals surface area contributed by atoms with Gasteiger partial charge in [-0.3, -0.25) is 0 Å². The number of rotatable bonds is 4. The van der Waals surface area contributed by atoms with Crippen LogP contribution < -0.4 is 25.6 Å². The van der Waals surface area contributed by atoms with Crippen molar-refractivity contribution in [3.05, 3.63) is 156 Å². The number of nitrogens with zero attached hydrogens (tertiary/aromatic N) is 3. The van der Waals surface area contributed by atoms with E-state index in [2.05, 4.69) is 168 Å². The molecule has 3 aliphatic heterocycles. The molecule has 44 heavy (non-hydrogen) atoms. The lowest BCUT2D eigenvalue weighted by atomic mass is 9.31. The van der Waals surface area contributed by atoms with Crippen molar-refractivity contribution >= 4 is 51.8 Å². The Morgan fingerprint density at radius 3 is 2.05 bits per heavy atom. The first kappa shape index (κ1) is 25.5. The van der Waals surface area contributed by atoms with Gasteiger partial charge in [0.2, 0.25) is 6.71 Å². The molecule has 3 atom stereocenters. The molecule has 1 aliphatic carbocycles. The molecule has 0 radical (unpaired) electrons. The molecule has 3 heterocycles. The highest BCUT2D eigenvalue weighted by atomic mass is 15.2. The van der Waals surface area contributed by atoms with Crippen molar-refractivity contribution in [2.75, 3.05) is 14.7 Å². The van der Waals surface area contributed by atoms with Crippen LogP contribution in [0.4, 0.5) is 34.1 Å². The van der Waals surface area contributed by atoms with E-state index in [9.17, 15) is 0 Å². The fraction of sp³-hybridized carbons (Fsp3) is 0.150. The second kappa shape index (κ2) is 9.79. The van der Waals surface area contributed by atoms with E-state index < -0.39 is 0 Å². The molecule has 4 aliphatic rings. The number of allylic oxidation sites excluding steroid dienone is 1. The Bertz CT molecular complexity index is 1910. The van der Waals surface area contributed by atoms with Crippen LogP contribution in [0.5, 0.6) is 0 Å². The molecule has 0 fully saturated rings. The Kier molecular flexibility index (Phi) is 5.68. The molecule has 5 aromatic rings. The largest absolute Gasteiger partial charge is 0.339 e. The van der Waals surface area contributed by atoms with E-state index >= 15 is 0 Å². The molecular weight excluding hydrogens is 533 g/mol. The van der Waals surface area contributed by atoms with Gasteiger partial charge in [0.25, 0.3) is 0 Å². The van der Waals surface area contributed by atoms with E-state index in [0.29, 0.717) is 12.0 Å². The Morgan fingerprint density at radius 2 is 1.34 bits per heavy atom. The van der Waals surface area contributed by atoms with Crippen molar-refractivity contribution in [2.45, 2.75) is 38.3 Å². The average Bonchev–Trinajstić information content (AvgIpc) is 3.34. The quantitative estimate of drug-likeness (QED) is 0.202. The fourth-order valence-electron chi connectivity index (χ4n) is 8.30. The van der Waals surface area contributed by atoms with Crippen molar-refractivity contribution in [1.82, 2.24) is 0 Å². The molecule has 0 aromatic heterocycles. The van der Waals surface area contributed by atoms with E-state index in [1.165, 1.54) is 44.9 Å². The lowest BCUT2D eigenvalue weighted by Crippen LogP contribution is -2.61. The van der Waals surface area contributed by atoms with E-state index in [1.807, 2.05) is 0 Å².